The van der Waals surface area contributed by atoms with E-state index in [1.54, 1.807) is 0 Å². The van der Waals surface area contributed by atoms with Gasteiger partial charge in [-0.05, 0) is 12.8 Å². The minimum atomic E-state index is 0.0937. The summed E-state index contributed by atoms with van der Waals surface area (Å²) in [6.45, 7) is 2.55. The predicted molar refractivity (Wildman–Crippen MR) is 49.9 cm³/mol. The molecule has 0 aromatic carbocycles. The number of rotatable bonds is 2. The van der Waals surface area contributed by atoms with Crippen molar-refractivity contribution >= 4 is 0 Å². The van der Waals surface area contributed by atoms with Crippen LogP contribution in [0.15, 0.2) is 6.20 Å². The lowest BCUT2D eigenvalue weighted by molar-refractivity contribution is 0.0249. The summed E-state index contributed by atoms with van der Waals surface area (Å²) in [7, 11) is 0. The van der Waals surface area contributed by atoms with Crippen LogP contribution in [0.2, 0.25) is 0 Å². The van der Waals surface area contributed by atoms with E-state index in [2.05, 4.69) is 15.6 Å². The SMILES string of the molecule is c1c(C2CNCCO2)nnn1C1CC1. The molecular weight excluding hydrogens is 180 g/mol. The highest BCUT2D eigenvalue weighted by atomic mass is 16.5. The molecule has 1 unspecified atom stereocenters. The van der Waals surface area contributed by atoms with Gasteiger partial charge in [0.05, 0.1) is 18.8 Å². The molecule has 2 aliphatic rings. The van der Waals surface area contributed by atoms with E-state index in [0.717, 1.165) is 25.4 Å². The highest BCUT2D eigenvalue weighted by Crippen LogP contribution is 2.34. The fraction of sp³-hybridized carbons (Fsp3) is 0.778. The zero-order chi connectivity index (χ0) is 9.38. The van der Waals surface area contributed by atoms with E-state index in [1.807, 2.05) is 10.9 Å². The molecule has 0 radical (unpaired) electrons. The minimum Gasteiger partial charge on any atom is -0.369 e. The molecule has 1 saturated carbocycles. The average Bonchev–Trinajstić information content (AvgIpc) is 2.98. The molecule has 76 valence electrons. The van der Waals surface area contributed by atoms with Gasteiger partial charge in [-0.3, -0.25) is 0 Å². The van der Waals surface area contributed by atoms with Gasteiger partial charge in [-0.2, -0.15) is 0 Å². The summed E-state index contributed by atoms with van der Waals surface area (Å²) >= 11 is 0. The van der Waals surface area contributed by atoms with Crippen molar-refractivity contribution in [1.29, 1.82) is 0 Å². The smallest absolute Gasteiger partial charge is 0.115 e. The van der Waals surface area contributed by atoms with Crippen LogP contribution in [0.5, 0.6) is 0 Å². The Morgan fingerprint density at radius 1 is 1.50 bits per heavy atom. The average molecular weight is 194 g/mol. The van der Waals surface area contributed by atoms with Crippen LogP contribution in [-0.2, 0) is 4.74 Å². The van der Waals surface area contributed by atoms with E-state index in [0.29, 0.717) is 6.04 Å². The Morgan fingerprint density at radius 3 is 3.14 bits per heavy atom. The molecule has 14 heavy (non-hydrogen) atoms. The molecule has 0 bridgehead atoms. The molecule has 5 heteroatoms. The first-order valence-corrected chi connectivity index (χ1v) is 5.17. The van der Waals surface area contributed by atoms with Crippen LogP contribution in [-0.4, -0.2) is 34.7 Å². The Balaban J connectivity index is 1.74. The summed E-state index contributed by atoms with van der Waals surface area (Å²) < 4.78 is 7.56. The Labute approximate surface area is 82.4 Å². The van der Waals surface area contributed by atoms with Gasteiger partial charge < -0.3 is 10.1 Å². The maximum absolute atomic E-state index is 5.60. The van der Waals surface area contributed by atoms with Crippen LogP contribution < -0.4 is 5.32 Å². The highest BCUT2D eigenvalue weighted by Gasteiger charge is 2.26. The van der Waals surface area contributed by atoms with Crippen LogP contribution >= 0.6 is 0 Å². The van der Waals surface area contributed by atoms with Crippen molar-refractivity contribution in [1.82, 2.24) is 20.3 Å². The molecule has 1 aromatic heterocycles. The van der Waals surface area contributed by atoms with E-state index in [-0.39, 0.29) is 6.10 Å². The molecule has 2 fully saturated rings. The van der Waals surface area contributed by atoms with Gasteiger partial charge >= 0.3 is 0 Å². The lowest BCUT2D eigenvalue weighted by Gasteiger charge is -2.21. The van der Waals surface area contributed by atoms with Gasteiger partial charge in [0.1, 0.15) is 11.8 Å². The first-order chi connectivity index (χ1) is 6.93. The molecule has 3 rings (SSSR count). The van der Waals surface area contributed by atoms with Crippen LogP contribution in [0.1, 0.15) is 30.7 Å². The number of morpholine rings is 1. The van der Waals surface area contributed by atoms with Crippen molar-refractivity contribution in [2.24, 2.45) is 0 Å². The Hall–Kier alpha value is -0.940. The predicted octanol–water partition coefficient (Wildman–Crippen LogP) is 0.274. The molecule has 5 nitrogen and oxygen atoms in total. The van der Waals surface area contributed by atoms with Crippen LogP contribution in [0.4, 0.5) is 0 Å². The third-order valence-corrected chi connectivity index (χ3v) is 2.71. The highest BCUT2D eigenvalue weighted by molar-refractivity contribution is 5.01. The van der Waals surface area contributed by atoms with Crippen molar-refractivity contribution in [3.8, 4) is 0 Å². The number of hydrogen-bond acceptors (Lipinski definition) is 4. The second-order valence-electron chi connectivity index (χ2n) is 3.92. The molecule has 1 N–H and O–H groups in total. The summed E-state index contributed by atoms with van der Waals surface area (Å²) in [5.41, 5.74) is 0.962. The first-order valence-electron chi connectivity index (χ1n) is 5.17. The number of ether oxygens (including phenoxy) is 1. The molecule has 1 aliphatic heterocycles. The van der Waals surface area contributed by atoms with Gasteiger partial charge in [0, 0.05) is 13.1 Å². The third kappa shape index (κ3) is 1.53. The van der Waals surface area contributed by atoms with E-state index >= 15 is 0 Å². The van der Waals surface area contributed by atoms with Gasteiger partial charge in [0.15, 0.2) is 0 Å². The number of nitrogens with one attached hydrogen (secondary N) is 1. The lowest BCUT2D eigenvalue weighted by atomic mass is 10.2. The molecule has 1 aromatic rings. The van der Waals surface area contributed by atoms with Gasteiger partial charge in [-0.1, -0.05) is 5.21 Å². The van der Waals surface area contributed by atoms with E-state index in [4.69, 9.17) is 4.74 Å². The topological polar surface area (TPSA) is 52.0 Å². The van der Waals surface area contributed by atoms with Crippen molar-refractivity contribution in [2.45, 2.75) is 25.0 Å². The first kappa shape index (κ1) is 8.38. The second kappa shape index (κ2) is 3.33. The summed E-state index contributed by atoms with van der Waals surface area (Å²) in [5.74, 6) is 0. The summed E-state index contributed by atoms with van der Waals surface area (Å²) in [5, 5.41) is 11.5. The minimum absolute atomic E-state index is 0.0937. The number of hydrogen-bond donors (Lipinski definition) is 1. The van der Waals surface area contributed by atoms with E-state index in [9.17, 15) is 0 Å². The van der Waals surface area contributed by atoms with Crippen molar-refractivity contribution in [3.63, 3.8) is 0 Å². The zero-order valence-electron chi connectivity index (χ0n) is 8.02. The second-order valence-corrected chi connectivity index (χ2v) is 3.92. The molecular formula is C9H14N4O. The molecule has 1 aliphatic carbocycles. The Bertz CT molecular complexity index is 314. The van der Waals surface area contributed by atoms with Crippen LogP contribution in [0.3, 0.4) is 0 Å². The normalized spacial score (nSPS) is 27.9. The van der Waals surface area contributed by atoms with Crippen LogP contribution in [0, 0.1) is 0 Å². The standard InChI is InChI=1S/C9H14N4O/c1-2-7(1)13-6-8(11-12-13)9-5-10-3-4-14-9/h6-7,9-10H,1-5H2. The fourth-order valence-electron chi connectivity index (χ4n) is 1.71. The van der Waals surface area contributed by atoms with Gasteiger partial charge in [-0.15, -0.1) is 5.10 Å². The van der Waals surface area contributed by atoms with Gasteiger partial charge in [-0.25, -0.2) is 4.68 Å². The number of nitrogens with zero attached hydrogens (tertiary/aromatic N) is 3. The molecule has 0 spiro atoms. The quantitative estimate of drug-likeness (QED) is 0.734. The molecule has 1 atom stereocenters. The third-order valence-electron chi connectivity index (χ3n) is 2.71. The summed E-state index contributed by atoms with van der Waals surface area (Å²) in [6.07, 6.45) is 4.60. The zero-order valence-corrected chi connectivity index (χ0v) is 8.02. The van der Waals surface area contributed by atoms with Gasteiger partial charge in [0.25, 0.3) is 0 Å². The molecule has 2 heterocycles. The molecule has 1 saturated heterocycles. The Morgan fingerprint density at radius 2 is 2.43 bits per heavy atom. The van der Waals surface area contributed by atoms with Crippen molar-refractivity contribution in [2.75, 3.05) is 19.7 Å². The lowest BCUT2D eigenvalue weighted by Crippen LogP contribution is -2.33. The van der Waals surface area contributed by atoms with E-state index in [1.165, 1.54) is 12.8 Å². The van der Waals surface area contributed by atoms with Crippen LogP contribution in [0.25, 0.3) is 0 Å². The van der Waals surface area contributed by atoms with Crippen molar-refractivity contribution in [3.05, 3.63) is 11.9 Å². The maximum Gasteiger partial charge on any atom is 0.115 e. The summed E-state index contributed by atoms with van der Waals surface area (Å²) in [4.78, 5) is 0. The molecule has 0 amide bonds. The van der Waals surface area contributed by atoms with Gasteiger partial charge in [0.2, 0.25) is 0 Å². The van der Waals surface area contributed by atoms with E-state index < -0.39 is 0 Å². The fourth-order valence-corrected chi connectivity index (χ4v) is 1.71. The largest absolute Gasteiger partial charge is 0.369 e. The number of aromatic nitrogens is 3. The van der Waals surface area contributed by atoms with Crippen molar-refractivity contribution < 1.29 is 4.74 Å². The summed E-state index contributed by atoms with van der Waals surface area (Å²) in [6, 6.07) is 0.604. The monoisotopic (exact) mass is 194 g/mol. The maximum atomic E-state index is 5.60. The Kier molecular flexibility index (Phi) is 1.99.